The molecule has 0 radical (unpaired) electrons. The molecular weight excluding hydrogens is 600 g/mol. The van der Waals surface area contributed by atoms with Crippen LogP contribution in [0.2, 0.25) is 0 Å². The zero-order valence-electron chi connectivity index (χ0n) is 26.8. The van der Waals surface area contributed by atoms with Gasteiger partial charge in [0, 0.05) is 10.8 Å². The monoisotopic (exact) mass is 641 g/mol. The summed E-state index contributed by atoms with van der Waals surface area (Å²) in [6, 6.07) is 25.7. The lowest BCUT2D eigenvalue weighted by Crippen LogP contribution is -2.09. The fourth-order valence-electron chi connectivity index (χ4n) is 6.17. The highest BCUT2D eigenvalue weighted by Gasteiger charge is 2.36. The molecule has 2 saturated heterocycles. The van der Waals surface area contributed by atoms with Gasteiger partial charge in [-0.25, -0.2) is 9.49 Å². The van der Waals surface area contributed by atoms with Crippen molar-refractivity contribution in [3.63, 3.8) is 0 Å². The van der Waals surface area contributed by atoms with Crippen LogP contribution in [0.1, 0.15) is 61.8 Å². The van der Waals surface area contributed by atoms with Crippen molar-refractivity contribution in [2.24, 2.45) is 9.49 Å². The molecule has 0 aliphatic carbocycles. The van der Waals surface area contributed by atoms with Crippen LogP contribution in [-0.2, 0) is 18.1 Å². The molecule has 0 spiro atoms. The lowest BCUT2D eigenvalue weighted by molar-refractivity contribution is 0.365. The lowest BCUT2D eigenvalue weighted by atomic mass is 10.0. The topological polar surface area (TPSA) is 77.4 Å². The standard InChI is InChI=1S/C36H41N3O4P2/c1-23(2)27-7-11-29(12-8-27)38-44(40-15-16-41-44)33-21-25(5)19-31-32-20-26(6)22-34(36(32)37-35(31)33)45(42-17-18-43-45)39-30-13-9-28(10-14-30)24(3)4/h7-14,19-24,37H,15-18H2,1-6H3. The molecule has 0 amide bonds. The van der Waals surface area contributed by atoms with Gasteiger partial charge in [-0.3, -0.25) is 0 Å². The first-order valence-electron chi connectivity index (χ1n) is 15.8. The molecular formula is C36H41N3O4P2. The maximum absolute atomic E-state index is 6.49. The molecule has 1 N–H and O–H groups in total. The molecule has 0 bridgehead atoms. The van der Waals surface area contributed by atoms with Crippen molar-refractivity contribution in [1.29, 1.82) is 0 Å². The van der Waals surface area contributed by atoms with E-state index in [-0.39, 0.29) is 0 Å². The molecule has 1 aromatic heterocycles. The SMILES string of the molecule is Cc1cc(P2(=Nc3ccc(C(C)C)cc3)OCCO2)c2[nH]c3c(P4(=Nc5ccc(C(C)C)cc5)OCCO4)cc(C)cc3c2c1. The summed E-state index contributed by atoms with van der Waals surface area (Å²) in [5.41, 5.74) is 8.46. The summed E-state index contributed by atoms with van der Waals surface area (Å²) in [5, 5.41) is 4.13. The number of rotatable bonds is 6. The lowest BCUT2D eigenvalue weighted by Gasteiger charge is -2.19. The molecule has 5 aromatic rings. The van der Waals surface area contributed by atoms with E-state index in [0.29, 0.717) is 38.3 Å². The number of H-pyrrole nitrogens is 1. The molecule has 2 aliphatic rings. The van der Waals surface area contributed by atoms with Gasteiger partial charge >= 0.3 is 0 Å². The summed E-state index contributed by atoms with van der Waals surface area (Å²) in [5.74, 6) is 0.902. The molecule has 234 valence electrons. The molecule has 9 heteroatoms. The van der Waals surface area contributed by atoms with Crippen LogP contribution in [-0.4, -0.2) is 31.4 Å². The third-order valence-corrected chi connectivity index (χ3v) is 13.6. The normalized spacial score (nSPS) is 17.6. The highest BCUT2D eigenvalue weighted by atomic mass is 31.2. The van der Waals surface area contributed by atoms with Gasteiger partial charge in [0.25, 0.3) is 15.0 Å². The Bertz CT molecular complexity index is 1850. The van der Waals surface area contributed by atoms with Gasteiger partial charge in [0.2, 0.25) is 0 Å². The average Bonchev–Trinajstić information content (AvgIpc) is 3.77. The molecule has 2 fully saturated rings. The first kappa shape index (κ1) is 30.6. The summed E-state index contributed by atoms with van der Waals surface area (Å²) >= 11 is 0. The predicted octanol–water partition coefficient (Wildman–Crippen LogP) is 10.3. The number of fused-ring (bicyclic) bond motifs is 3. The van der Waals surface area contributed by atoms with E-state index in [2.05, 4.69) is 119 Å². The van der Waals surface area contributed by atoms with E-state index in [9.17, 15) is 0 Å². The quantitative estimate of drug-likeness (QED) is 0.187. The van der Waals surface area contributed by atoms with Crippen LogP contribution < -0.4 is 10.6 Å². The fraction of sp³-hybridized carbons (Fsp3) is 0.333. The largest absolute Gasteiger partial charge is 0.353 e. The molecule has 45 heavy (non-hydrogen) atoms. The molecule has 7 nitrogen and oxygen atoms in total. The van der Waals surface area contributed by atoms with Crippen molar-refractivity contribution in [3.05, 3.63) is 95.1 Å². The van der Waals surface area contributed by atoms with E-state index in [1.165, 1.54) is 11.1 Å². The van der Waals surface area contributed by atoms with E-state index in [1.807, 2.05) is 0 Å². The zero-order valence-corrected chi connectivity index (χ0v) is 28.6. The minimum atomic E-state index is -2.81. The van der Waals surface area contributed by atoms with E-state index in [4.69, 9.17) is 27.6 Å². The molecule has 0 unspecified atom stereocenters. The Morgan fingerprint density at radius 1 is 0.556 bits per heavy atom. The highest BCUT2D eigenvalue weighted by Crippen LogP contribution is 2.59. The van der Waals surface area contributed by atoms with E-state index >= 15 is 0 Å². The van der Waals surface area contributed by atoms with E-state index in [0.717, 1.165) is 54.9 Å². The summed E-state index contributed by atoms with van der Waals surface area (Å²) < 4.78 is 36.4. The molecule has 7 rings (SSSR count). The molecule has 4 aromatic carbocycles. The maximum Gasteiger partial charge on any atom is 0.251 e. The number of aryl methyl sites for hydroxylation is 2. The number of hydrogen-bond acceptors (Lipinski definition) is 6. The van der Waals surface area contributed by atoms with Gasteiger partial charge in [0.05, 0.1) is 59.4 Å². The predicted molar refractivity (Wildman–Crippen MR) is 187 cm³/mol. The Labute approximate surface area is 265 Å². The average molecular weight is 642 g/mol. The second-order valence-electron chi connectivity index (χ2n) is 12.6. The summed E-state index contributed by atoms with van der Waals surface area (Å²) in [4.78, 5) is 3.81. The van der Waals surface area contributed by atoms with Gasteiger partial charge < -0.3 is 23.1 Å². The van der Waals surface area contributed by atoms with Gasteiger partial charge in [0.1, 0.15) is 0 Å². The van der Waals surface area contributed by atoms with Crippen molar-refractivity contribution >= 4 is 58.8 Å². The van der Waals surface area contributed by atoms with Crippen LogP contribution in [0.15, 0.2) is 82.3 Å². The van der Waals surface area contributed by atoms with E-state index in [1.54, 1.807) is 0 Å². The number of hydrogen-bond donors (Lipinski definition) is 1. The van der Waals surface area contributed by atoms with Crippen LogP contribution in [0, 0.1) is 13.8 Å². The third-order valence-electron chi connectivity index (χ3n) is 8.52. The first-order valence-corrected chi connectivity index (χ1v) is 18.9. The minimum absolute atomic E-state index is 0.451. The van der Waals surface area contributed by atoms with Gasteiger partial charge in [-0.1, -0.05) is 52.0 Å². The number of nitrogens with one attached hydrogen (secondary N) is 1. The fourth-order valence-corrected chi connectivity index (χ4v) is 11.1. The van der Waals surface area contributed by atoms with Crippen LogP contribution in [0.4, 0.5) is 11.4 Å². The second kappa shape index (κ2) is 12.0. The Kier molecular flexibility index (Phi) is 8.14. The van der Waals surface area contributed by atoms with Crippen molar-refractivity contribution in [2.75, 3.05) is 26.4 Å². The zero-order chi connectivity index (χ0) is 31.3. The van der Waals surface area contributed by atoms with Crippen molar-refractivity contribution < 1.29 is 18.1 Å². The van der Waals surface area contributed by atoms with E-state index < -0.39 is 15.0 Å². The Morgan fingerprint density at radius 3 is 1.24 bits per heavy atom. The highest BCUT2D eigenvalue weighted by molar-refractivity contribution is 7.66. The number of nitrogens with zero attached hydrogens (tertiary/aromatic N) is 2. The Morgan fingerprint density at radius 2 is 0.911 bits per heavy atom. The summed E-state index contributed by atoms with van der Waals surface area (Å²) in [6.07, 6.45) is 0. The summed E-state index contributed by atoms with van der Waals surface area (Å²) in [7, 11) is -5.62. The van der Waals surface area contributed by atoms with Crippen molar-refractivity contribution in [3.8, 4) is 0 Å². The van der Waals surface area contributed by atoms with Gasteiger partial charge in [-0.2, -0.15) is 0 Å². The third kappa shape index (κ3) is 5.65. The second-order valence-corrected chi connectivity index (χ2v) is 17.1. The van der Waals surface area contributed by atoms with Crippen molar-refractivity contribution in [1.82, 2.24) is 4.98 Å². The molecule has 3 heterocycles. The Balaban J connectivity index is 1.45. The smallest absolute Gasteiger partial charge is 0.251 e. The molecule has 0 atom stereocenters. The molecule has 0 saturated carbocycles. The first-order chi connectivity index (χ1) is 21.7. The van der Waals surface area contributed by atoms with Crippen LogP contribution in [0.5, 0.6) is 0 Å². The Hall–Kier alpha value is -3.02. The minimum Gasteiger partial charge on any atom is -0.353 e. The number of aromatic amines is 1. The van der Waals surface area contributed by atoms with Crippen LogP contribution in [0.3, 0.4) is 0 Å². The van der Waals surface area contributed by atoms with Crippen molar-refractivity contribution in [2.45, 2.75) is 53.4 Å². The van der Waals surface area contributed by atoms with Gasteiger partial charge in [-0.05, 0) is 96.5 Å². The van der Waals surface area contributed by atoms with Gasteiger partial charge in [-0.15, -0.1) is 0 Å². The summed E-state index contributed by atoms with van der Waals surface area (Å²) in [6.45, 7) is 15.1. The molecule has 2 aliphatic heterocycles. The number of benzene rings is 4. The van der Waals surface area contributed by atoms with Crippen LogP contribution in [0.25, 0.3) is 21.8 Å². The maximum atomic E-state index is 6.49. The number of aromatic nitrogens is 1. The van der Waals surface area contributed by atoms with Crippen LogP contribution >= 0.6 is 15.0 Å². The van der Waals surface area contributed by atoms with Gasteiger partial charge in [0.15, 0.2) is 0 Å².